The largest absolute Gasteiger partial charge is 0.516 e. The molecule has 5 atom stereocenters. The topological polar surface area (TPSA) is 103 Å². The zero-order chi connectivity index (χ0) is 20.9. The summed E-state index contributed by atoms with van der Waals surface area (Å²) in [6, 6.07) is 0. The molecule has 1 aromatic heterocycles. The van der Waals surface area contributed by atoms with E-state index in [0.717, 1.165) is 6.33 Å². The molecule has 160 valence electrons. The number of hydrogen-bond donors (Lipinski definition) is 0. The van der Waals surface area contributed by atoms with Crippen molar-refractivity contribution in [1.82, 2.24) is 9.97 Å². The van der Waals surface area contributed by atoms with Gasteiger partial charge in [-0.15, -0.1) is 0 Å². The maximum atomic E-state index is 13.4. The Morgan fingerprint density at radius 3 is 2.62 bits per heavy atom. The van der Waals surface area contributed by atoms with Crippen LogP contribution < -0.4 is 9.21 Å². The van der Waals surface area contributed by atoms with Crippen molar-refractivity contribution in [2.45, 2.75) is 56.0 Å². The number of anilines is 2. The monoisotopic (exact) mass is 458 g/mol. The Morgan fingerprint density at radius 2 is 1.93 bits per heavy atom. The standard InChI is InChI=1S/C14H14ClF3N4O6S/c1-13(2)27-7-5-3-25-12-21(11(26-5)8(7)28-13)10-6(9(15)19-4-20-10)22(12)29(23,24)14(16,17)18/h4-5,7-8,11-12H,3H2,1-2H3/t5-,7-,8-,11-,12-/m1/s1. The minimum Gasteiger partial charge on any atom is -0.347 e. The van der Waals surface area contributed by atoms with Crippen LogP contribution in [-0.4, -0.2) is 67.2 Å². The first-order valence-electron chi connectivity index (χ1n) is 8.45. The van der Waals surface area contributed by atoms with E-state index in [2.05, 4.69) is 9.97 Å². The zero-order valence-corrected chi connectivity index (χ0v) is 16.4. The van der Waals surface area contributed by atoms with E-state index >= 15 is 0 Å². The number of rotatable bonds is 1. The maximum absolute atomic E-state index is 13.4. The molecular formula is C14H14ClF3N4O6S. The van der Waals surface area contributed by atoms with Crippen LogP contribution in [0.2, 0.25) is 5.15 Å². The van der Waals surface area contributed by atoms with Crippen LogP contribution in [0.25, 0.3) is 0 Å². The molecule has 29 heavy (non-hydrogen) atoms. The quantitative estimate of drug-likeness (QED) is 0.573. The molecule has 4 aliphatic rings. The Morgan fingerprint density at radius 1 is 1.24 bits per heavy atom. The Kier molecular flexibility index (Phi) is 3.92. The number of sulfonamides is 1. The molecule has 0 unspecified atom stereocenters. The highest BCUT2D eigenvalue weighted by Crippen LogP contribution is 2.52. The fraction of sp³-hybridized carbons (Fsp3) is 0.714. The van der Waals surface area contributed by atoms with Gasteiger partial charge in [0, 0.05) is 0 Å². The van der Waals surface area contributed by atoms with Crippen molar-refractivity contribution in [2.24, 2.45) is 0 Å². The van der Waals surface area contributed by atoms with Gasteiger partial charge < -0.3 is 18.9 Å². The molecule has 1 aromatic rings. The molecular weight excluding hydrogens is 445 g/mol. The number of ether oxygens (including phenoxy) is 4. The van der Waals surface area contributed by atoms with E-state index in [4.69, 9.17) is 30.5 Å². The molecule has 3 fully saturated rings. The first-order valence-corrected chi connectivity index (χ1v) is 10.3. The van der Waals surface area contributed by atoms with E-state index < -0.39 is 63.1 Å². The van der Waals surface area contributed by atoms with Gasteiger partial charge in [-0.3, -0.25) is 4.90 Å². The lowest BCUT2D eigenvalue weighted by molar-refractivity contribution is -0.186. The minimum atomic E-state index is -5.89. The molecule has 5 rings (SSSR count). The van der Waals surface area contributed by atoms with E-state index in [1.165, 1.54) is 4.90 Å². The molecule has 0 saturated carbocycles. The highest BCUT2D eigenvalue weighted by Gasteiger charge is 2.65. The van der Waals surface area contributed by atoms with Crippen molar-refractivity contribution in [3.05, 3.63) is 11.5 Å². The van der Waals surface area contributed by atoms with Gasteiger partial charge in [0.1, 0.15) is 30.3 Å². The van der Waals surface area contributed by atoms with Gasteiger partial charge in [0.2, 0.25) is 6.35 Å². The van der Waals surface area contributed by atoms with Crippen LogP contribution in [0.15, 0.2) is 6.33 Å². The first kappa shape index (κ1) is 19.5. The Balaban J connectivity index is 1.66. The van der Waals surface area contributed by atoms with Gasteiger partial charge in [-0.2, -0.15) is 21.6 Å². The summed E-state index contributed by atoms with van der Waals surface area (Å²) in [4.78, 5) is 8.76. The third-order valence-corrected chi connectivity index (χ3v) is 6.76. The van der Waals surface area contributed by atoms with Crippen molar-refractivity contribution in [2.75, 3.05) is 15.8 Å². The molecule has 0 aliphatic carbocycles. The molecule has 0 radical (unpaired) electrons. The minimum absolute atomic E-state index is 0.0463. The lowest BCUT2D eigenvalue weighted by atomic mass is 10.1. The highest BCUT2D eigenvalue weighted by molar-refractivity contribution is 7.93. The van der Waals surface area contributed by atoms with Gasteiger partial charge in [-0.05, 0) is 13.8 Å². The van der Waals surface area contributed by atoms with Crippen LogP contribution >= 0.6 is 11.6 Å². The second kappa shape index (κ2) is 5.82. The summed E-state index contributed by atoms with van der Waals surface area (Å²) in [6.07, 6.45) is -3.67. The van der Waals surface area contributed by atoms with Crippen LogP contribution in [0.5, 0.6) is 0 Å². The Hall–Kier alpha value is -1.45. The predicted molar refractivity (Wildman–Crippen MR) is 89.2 cm³/mol. The molecule has 4 aliphatic heterocycles. The van der Waals surface area contributed by atoms with Gasteiger partial charge in [0.15, 0.2) is 23.0 Å². The molecule has 5 heterocycles. The van der Waals surface area contributed by atoms with Crippen LogP contribution in [0.4, 0.5) is 24.7 Å². The fourth-order valence-electron chi connectivity index (χ4n) is 4.00. The van der Waals surface area contributed by atoms with Crippen molar-refractivity contribution in [3.8, 4) is 0 Å². The van der Waals surface area contributed by atoms with Crippen LogP contribution in [0.1, 0.15) is 13.8 Å². The molecule has 0 spiro atoms. The Labute approximate surface area is 167 Å². The highest BCUT2D eigenvalue weighted by atomic mass is 35.5. The summed E-state index contributed by atoms with van der Waals surface area (Å²) in [6.45, 7) is 3.14. The van der Waals surface area contributed by atoms with E-state index in [-0.39, 0.29) is 16.7 Å². The molecule has 3 saturated heterocycles. The number of hydrogen-bond acceptors (Lipinski definition) is 9. The van der Waals surface area contributed by atoms with Crippen molar-refractivity contribution < 1.29 is 40.5 Å². The van der Waals surface area contributed by atoms with Crippen LogP contribution in [0.3, 0.4) is 0 Å². The SMILES string of the molecule is CC1(C)O[C@@H]2[C@H](O1)[C@H]1CO[C@@H]3N(c4ncnc(Cl)c4N3S(=O)(=O)C(F)(F)F)[C@@H]2O1. The van der Waals surface area contributed by atoms with Gasteiger partial charge in [-0.1, -0.05) is 11.6 Å². The molecule has 0 N–H and O–H groups in total. The van der Waals surface area contributed by atoms with E-state index in [1.807, 2.05) is 0 Å². The Bertz CT molecular complexity index is 979. The lowest BCUT2D eigenvalue weighted by Crippen LogP contribution is -2.57. The molecule has 2 bridgehead atoms. The normalized spacial score (nSPS) is 35.3. The molecule has 15 heteroatoms. The number of halogens is 4. The molecule has 0 amide bonds. The third kappa shape index (κ3) is 2.59. The lowest BCUT2D eigenvalue weighted by Gasteiger charge is -2.34. The predicted octanol–water partition coefficient (Wildman–Crippen LogP) is 1.16. The molecule has 10 nitrogen and oxygen atoms in total. The first-order chi connectivity index (χ1) is 13.4. The van der Waals surface area contributed by atoms with Gasteiger partial charge in [-0.25, -0.2) is 14.3 Å². The fourth-order valence-corrected chi connectivity index (χ4v) is 5.30. The summed E-state index contributed by atoms with van der Waals surface area (Å²) in [5, 5.41) is -0.477. The third-order valence-electron chi connectivity index (χ3n) is 5.02. The summed E-state index contributed by atoms with van der Waals surface area (Å²) in [5.41, 5.74) is -6.15. The van der Waals surface area contributed by atoms with Crippen LogP contribution in [0, 0.1) is 0 Å². The van der Waals surface area contributed by atoms with E-state index in [1.54, 1.807) is 13.8 Å². The summed E-state index contributed by atoms with van der Waals surface area (Å²) in [5.74, 6) is -1.14. The second-order valence-electron chi connectivity index (χ2n) is 7.28. The number of nitrogens with zero attached hydrogens (tertiary/aromatic N) is 4. The smallest absolute Gasteiger partial charge is 0.347 e. The van der Waals surface area contributed by atoms with Gasteiger partial charge in [0.05, 0.1) is 6.61 Å². The van der Waals surface area contributed by atoms with Crippen molar-refractivity contribution in [1.29, 1.82) is 0 Å². The van der Waals surface area contributed by atoms with Gasteiger partial charge >= 0.3 is 15.5 Å². The van der Waals surface area contributed by atoms with Crippen molar-refractivity contribution >= 4 is 33.1 Å². The average Bonchev–Trinajstić information content (AvgIpc) is 3.13. The van der Waals surface area contributed by atoms with Gasteiger partial charge in [0.25, 0.3) is 0 Å². The summed E-state index contributed by atoms with van der Waals surface area (Å²) < 4.78 is 88.1. The summed E-state index contributed by atoms with van der Waals surface area (Å²) >= 11 is 5.98. The van der Waals surface area contributed by atoms with E-state index in [0.29, 0.717) is 0 Å². The second-order valence-corrected chi connectivity index (χ2v) is 9.44. The number of alkyl halides is 3. The summed E-state index contributed by atoms with van der Waals surface area (Å²) in [7, 11) is -5.89. The number of aromatic nitrogens is 2. The maximum Gasteiger partial charge on any atom is 0.516 e. The zero-order valence-electron chi connectivity index (χ0n) is 14.8. The van der Waals surface area contributed by atoms with E-state index in [9.17, 15) is 21.6 Å². The van der Waals surface area contributed by atoms with Crippen LogP contribution in [-0.2, 0) is 29.0 Å². The number of fused-ring (bicyclic) bond motifs is 9. The molecule has 0 aromatic carbocycles. The average molecular weight is 459 g/mol. The van der Waals surface area contributed by atoms with Crippen molar-refractivity contribution in [3.63, 3.8) is 0 Å².